The van der Waals surface area contributed by atoms with Crippen molar-refractivity contribution >= 4 is 34.2 Å². The maximum Gasteiger partial charge on any atom is 0.127 e. The van der Waals surface area contributed by atoms with Gasteiger partial charge in [-0.2, -0.15) is 0 Å². The van der Waals surface area contributed by atoms with E-state index in [9.17, 15) is 0 Å². The van der Waals surface area contributed by atoms with Gasteiger partial charge < -0.3 is 4.57 Å². The zero-order valence-electron chi connectivity index (χ0n) is 12.7. The van der Waals surface area contributed by atoms with Crippen molar-refractivity contribution in [2.24, 2.45) is 11.3 Å². The van der Waals surface area contributed by atoms with Crippen LogP contribution in [0.4, 0.5) is 0 Å². The predicted octanol–water partition coefficient (Wildman–Crippen LogP) is 5.67. The van der Waals surface area contributed by atoms with Crippen LogP contribution in [0.3, 0.4) is 0 Å². The normalized spacial score (nSPS) is 15.6. The number of fused-ring (bicyclic) bond motifs is 1. The van der Waals surface area contributed by atoms with Crippen LogP contribution in [-0.2, 0) is 6.54 Å². The first-order valence-corrected chi connectivity index (χ1v) is 7.81. The summed E-state index contributed by atoms with van der Waals surface area (Å²) in [5, 5.41) is 0.591. The minimum Gasteiger partial charge on any atom is -0.326 e. The lowest BCUT2D eigenvalue weighted by Gasteiger charge is -2.28. The van der Waals surface area contributed by atoms with Gasteiger partial charge in [0.2, 0.25) is 0 Å². The molecule has 110 valence electrons. The van der Waals surface area contributed by atoms with Crippen molar-refractivity contribution < 1.29 is 0 Å². The molecule has 0 aliphatic carbocycles. The first-order chi connectivity index (χ1) is 9.20. The molecule has 0 aliphatic heterocycles. The third-order valence-corrected chi connectivity index (χ3v) is 4.46. The highest BCUT2D eigenvalue weighted by Gasteiger charge is 2.23. The second kappa shape index (κ2) is 5.57. The molecule has 0 spiro atoms. The number of alkyl halides is 1. The predicted molar refractivity (Wildman–Crippen MR) is 87.6 cm³/mol. The zero-order valence-corrected chi connectivity index (χ0v) is 14.3. The summed E-state index contributed by atoms with van der Waals surface area (Å²) in [6, 6.07) is 5.84. The van der Waals surface area contributed by atoms with Crippen molar-refractivity contribution in [2.45, 2.75) is 46.5 Å². The molecule has 2 nitrogen and oxygen atoms in total. The van der Waals surface area contributed by atoms with E-state index in [4.69, 9.17) is 23.2 Å². The lowest BCUT2D eigenvalue weighted by Crippen LogP contribution is -2.23. The second-order valence-corrected chi connectivity index (χ2v) is 7.69. The summed E-state index contributed by atoms with van der Waals surface area (Å²) in [6.45, 7) is 11.9. The van der Waals surface area contributed by atoms with Crippen LogP contribution in [0, 0.1) is 11.3 Å². The first-order valence-electron chi connectivity index (χ1n) is 7.00. The smallest absolute Gasteiger partial charge is 0.127 e. The van der Waals surface area contributed by atoms with E-state index in [0.717, 1.165) is 23.4 Å². The van der Waals surface area contributed by atoms with Crippen molar-refractivity contribution in [2.75, 3.05) is 0 Å². The fourth-order valence-electron chi connectivity index (χ4n) is 2.16. The van der Waals surface area contributed by atoms with Crippen LogP contribution >= 0.6 is 23.2 Å². The van der Waals surface area contributed by atoms with E-state index in [-0.39, 0.29) is 10.8 Å². The minimum absolute atomic E-state index is 0.117. The summed E-state index contributed by atoms with van der Waals surface area (Å²) in [6.07, 6.45) is 0. The van der Waals surface area contributed by atoms with E-state index < -0.39 is 0 Å². The highest BCUT2D eigenvalue weighted by molar-refractivity contribution is 6.31. The average molecular weight is 313 g/mol. The van der Waals surface area contributed by atoms with Crippen LogP contribution in [-0.4, -0.2) is 9.55 Å². The fourth-order valence-corrected chi connectivity index (χ4v) is 2.50. The Morgan fingerprint density at radius 1 is 1.25 bits per heavy atom. The van der Waals surface area contributed by atoms with Crippen molar-refractivity contribution in [3.8, 4) is 0 Å². The van der Waals surface area contributed by atoms with Gasteiger partial charge in [-0.1, -0.05) is 39.3 Å². The van der Waals surface area contributed by atoms with Crippen molar-refractivity contribution in [3.05, 3.63) is 29.0 Å². The lowest BCUT2D eigenvalue weighted by atomic mass is 9.82. The van der Waals surface area contributed by atoms with Gasteiger partial charge in [0.15, 0.2) is 0 Å². The number of hydrogen-bond donors (Lipinski definition) is 0. The third-order valence-electron chi connectivity index (χ3n) is 4.03. The number of rotatable bonds is 3. The van der Waals surface area contributed by atoms with Crippen LogP contribution in [0.5, 0.6) is 0 Å². The number of nitrogens with zero attached hydrogens (tertiary/aromatic N) is 2. The summed E-state index contributed by atoms with van der Waals surface area (Å²) < 4.78 is 2.24. The van der Waals surface area contributed by atoms with Crippen molar-refractivity contribution in [3.63, 3.8) is 0 Å². The Balaban J connectivity index is 2.52. The van der Waals surface area contributed by atoms with Crippen molar-refractivity contribution in [1.29, 1.82) is 0 Å². The Morgan fingerprint density at radius 2 is 1.90 bits per heavy atom. The molecule has 2 rings (SSSR count). The Bertz CT molecular complexity index is 609. The molecule has 2 unspecified atom stereocenters. The molecule has 2 aromatic rings. The Labute approximate surface area is 131 Å². The maximum atomic E-state index is 6.30. The number of benzene rings is 1. The summed E-state index contributed by atoms with van der Waals surface area (Å²) in [5.74, 6) is 1.43. The molecule has 4 heteroatoms. The van der Waals surface area contributed by atoms with Gasteiger partial charge in [-0.3, -0.25) is 0 Å². The number of halogens is 2. The molecule has 20 heavy (non-hydrogen) atoms. The van der Waals surface area contributed by atoms with Crippen LogP contribution in [0.25, 0.3) is 11.0 Å². The van der Waals surface area contributed by atoms with Gasteiger partial charge in [-0.25, -0.2) is 4.98 Å². The highest BCUT2D eigenvalue weighted by Crippen LogP contribution is 2.31. The van der Waals surface area contributed by atoms with Crippen LogP contribution in [0.1, 0.15) is 45.8 Å². The number of imidazole rings is 1. The molecule has 0 saturated heterocycles. The average Bonchev–Trinajstić information content (AvgIpc) is 2.66. The molecule has 2 atom stereocenters. The second-order valence-electron chi connectivity index (χ2n) is 6.60. The van der Waals surface area contributed by atoms with E-state index in [1.807, 2.05) is 25.1 Å². The monoisotopic (exact) mass is 312 g/mol. The van der Waals surface area contributed by atoms with E-state index in [0.29, 0.717) is 10.9 Å². The summed E-state index contributed by atoms with van der Waals surface area (Å²) >= 11 is 12.4. The molecule has 0 bridgehead atoms. The SMILES string of the molecule is CC(Cl)c1nc2cc(Cl)ccc2n1CC(C)C(C)(C)C. The van der Waals surface area contributed by atoms with Gasteiger partial charge in [0.1, 0.15) is 5.82 Å². The van der Waals surface area contributed by atoms with Gasteiger partial charge in [0.05, 0.1) is 16.4 Å². The molecule has 0 saturated carbocycles. The molecule has 1 aromatic carbocycles. The molecule has 0 amide bonds. The van der Waals surface area contributed by atoms with Gasteiger partial charge in [0.25, 0.3) is 0 Å². The molecular weight excluding hydrogens is 291 g/mol. The topological polar surface area (TPSA) is 17.8 Å². The number of hydrogen-bond acceptors (Lipinski definition) is 1. The summed E-state index contributed by atoms with van der Waals surface area (Å²) in [7, 11) is 0. The van der Waals surface area contributed by atoms with Crippen molar-refractivity contribution in [1.82, 2.24) is 9.55 Å². The quantitative estimate of drug-likeness (QED) is 0.667. The van der Waals surface area contributed by atoms with Gasteiger partial charge in [-0.05, 0) is 36.5 Å². The molecule has 0 fully saturated rings. The third kappa shape index (κ3) is 3.12. The molecule has 0 aliphatic rings. The Hall–Kier alpha value is -0.730. The van der Waals surface area contributed by atoms with E-state index >= 15 is 0 Å². The minimum atomic E-state index is -0.117. The molecule has 0 radical (unpaired) electrons. The van der Waals surface area contributed by atoms with Crippen LogP contribution < -0.4 is 0 Å². The first kappa shape index (κ1) is 15.7. The molecule has 1 aromatic heterocycles. The van der Waals surface area contributed by atoms with Gasteiger partial charge >= 0.3 is 0 Å². The van der Waals surface area contributed by atoms with Crippen LogP contribution in [0.2, 0.25) is 5.02 Å². The molecular formula is C16H22Cl2N2. The molecule has 0 N–H and O–H groups in total. The molecule has 1 heterocycles. The fraction of sp³-hybridized carbons (Fsp3) is 0.562. The van der Waals surface area contributed by atoms with Crippen LogP contribution in [0.15, 0.2) is 18.2 Å². The lowest BCUT2D eigenvalue weighted by molar-refractivity contribution is 0.233. The van der Waals surface area contributed by atoms with E-state index in [2.05, 4.69) is 37.2 Å². The maximum absolute atomic E-state index is 6.30. The largest absolute Gasteiger partial charge is 0.326 e. The summed E-state index contributed by atoms with van der Waals surface area (Å²) in [4.78, 5) is 4.65. The van der Waals surface area contributed by atoms with E-state index in [1.54, 1.807) is 0 Å². The zero-order chi connectivity index (χ0) is 15.1. The Kier molecular flexibility index (Phi) is 4.36. The van der Waals surface area contributed by atoms with Gasteiger partial charge in [0, 0.05) is 11.6 Å². The number of aromatic nitrogens is 2. The standard InChI is InChI=1S/C16H22Cl2N2/c1-10(16(3,4)5)9-20-14-7-6-12(18)8-13(14)19-15(20)11(2)17/h6-8,10-11H,9H2,1-5H3. The Morgan fingerprint density at radius 3 is 2.45 bits per heavy atom. The van der Waals surface area contributed by atoms with E-state index in [1.165, 1.54) is 0 Å². The highest BCUT2D eigenvalue weighted by atomic mass is 35.5. The summed E-state index contributed by atoms with van der Waals surface area (Å²) in [5.41, 5.74) is 2.27. The van der Waals surface area contributed by atoms with Gasteiger partial charge in [-0.15, -0.1) is 11.6 Å².